The molecule has 2 nitrogen and oxygen atoms in total. The lowest BCUT2D eigenvalue weighted by atomic mass is 10.1. The van der Waals surface area contributed by atoms with Gasteiger partial charge in [0.15, 0.2) is 0 Å². The van der Waals surface area contributed by atoms with Gasteiger partial charge in [-0.3, -0.25) is 4.99 Å². The average molecular weight is 411 g/mol. The van der Waals surface area contributed by atoms with Crippen LogP contribution in [0.1, 0.15) is 32.0 Å². The van der Waals surface area contributed by atoms with Crippen LogP contribution in [0.25, 0.3) is 16.3 Å². The van der Waals surface area contributed by atoms with Gasteiger partial charge in [-0.2, -0.15) is 0 Å². The summed E-state index contributed by atoms with van der Waals surface area (Å²) in [5.74, 6) is 0. The fraction of sp³-hybridized carbons (Fsp3) is 0.143. The number of thiazole rings is 1. The van der Waals surface area contributed by atoms with Crippen molar-refractivity contribution in [2.75, 3.05) is 0 Å². The lowest BCUT2D eigenvalue weighted by molar-refractivity contribution is 1.31. The summed E-state index contributed by atoms with van der Waals surface area (Å²) in [6.45, 7) is 6.20. The van der Waals surface area contributed by atoms with Crippen molar-refractivity contribution >= 4 is 38.7 Å². The first-order valence-corrected chi connectivity index (χ1v) is 9.72. The third-order valence-electron chi connectivity index (χ3n) is 3.75. The summed E-state index contributed by atoms with van der Waals surface area (Å²) in [5, 5.41) is 3.08. The second-order valence-electron chi connectivity index (χ2n) is 5.96. The second kappa shape index (κ2) is 7.89. The second-order valence-corrected chi connectivity index (χ2v) is 7.73. The number of nitrogens with zero attached hydrogens (tertiary/aromatic N) is 2. The van der Waals surface area contributed by atoms with E-state index in [9.17, 15) is 0 Å². The minimum Gasteiger partial charge on any atom is -0.251 e. The zero-order chi connectivity index (χ0) is 17.8. The van der Waals surface area contributed by atoms with Crippen LogP contribution >= 0.6 is 27.3 Å². The summed E-state index contributed by atoms with van der Waals surface area (Å²) in [6.07, 6.45) is 0. The maximum Gasteiger partial charge on any atom is 0.124 e. The highest BCUT2D eigenvalue weighted by atomic mass is 79.9. The number of benzene rings is 2. The molecule has 3 aromatic rings. The normalized spacial score (nSPS) is 11.4. The molecule has 0 aliphatic rings. The van der Waals surface area contributed by atoms with Gasteiger partial charge >= 0.3 is 0 Å². The van der Waals surface area contributed by atoms with E-state index < -0.39 is 0 Å². The highest BCUT2D eigenvalue weighted by Crippen LogP contribution is 2.27. The standard InChI is InChI=1S/C21H19BrN2S/c1-14(2)20(16-8-5-4-6-9-16)23-15(3)19-13-25-21(24-19)17-10-7-11-18(22)12-17/h4-13H,1-3H3. The highest BCUT2D eigenvalue weighted by molar-refractivity contribution is 9.10. The fourth-order valence-corrected chi connectivity index (χ4v) is 3.74. The molecule has 3 rings (SSSR count). The molecule has 0 spiro atoms. The molecule has 0 N–H and O–H groups in total. The predicted octanol–water partition coefficient (Wildman–Crippen LogP) is 6.83. The Morgan fingerprint density at radius 2 is 1.76 bits per heavy atom. The van der Waals surface area contributed by atoms with Crippen LogP contribution in [0, 0.1) is 0 Å². The molecule has 0 aliphatic carbocycles. The zero-order valence-corrected chi connectivity index (χ0v) is 16.9. The van der Waals surface area contributed by atoms with Crippen molar-refractivity contribution in [1.29, 1.82) is 0 Å². The average Bonchev–Trinajstić information content (AvgIpc) is 3.10. The summed E-state index contributed by atoms with van der Waals surface area (Å²) in [5.41, 5.74) is 6.29. The van der Waals surface area contributed by atoms with Crippen LogP contribution in [0.5, 0.6) is 0 Å². The summed E-state index contributed by atoms with van der Waals surface area (Å²) in [6, 6.07) is 18.5. The lowest BCUT2D eigenvalue weighted by Gasteiger charge is -2.06. The first-order valence-electron chi connectivity index (χ1n) is 8.04. The van der Waals surface area contributed by atoms with Gasteiger partial charge < -0.3 is 0 Å². The quantitative estimate of drug-likeness (QED) is 0.432. The highest BCUT2D eigenvalue weighted by Gasteiger charge is 2.09. The van der Waals surface area contributed by atoms with Gasteiger partial charge in [0.25, 0.3) is 0 Å². The Kier molecular flexibility index (Phi) is 5.61. The van der Waals surface area contributed by atoms with Gasteiger partial charge in [0, 0.05) is 21.0 Å². The van der Waals surface area contributed by atoms with E-state index in [2.05, 4.69) is 59.4 Å². The first-order chi connectivity index (χ1) is 12.0. The van der Waals surface area contributed by atoms with Crippen molar-refractivity contribution < 1.29 is 0 Å². The van der Waals surface area contributed by atoms with Crippen molar-refractivity contribution in [2.45, 2.75) is 20.8 Å². The molecule has 0 aliphatic heterocycles. The van der Waals surface area contributed by atoms with E-state index in [1.54, 1.807) is 11.3 Å². The molecule has 2 aromatic carbocycles. The number of rotatable bonds is 4. The van der Waals surface area contributed by atoms with Crippen molar-refractivity contribution in [2.24, 2.45) is 4.99 Å². The fourth-order valence-electron chi connectivity index (χ4n) is 2.48. The Bertz CT molecular complexity index is 935. The zero-order valence-electron chi connectivity index (χ0n) is 14.5. The van der Waals surface area contributed by atoms with Gasteiger partial charge in [-0.15, -0.1) is 11.3 Å². The predicted molar refractivity (Wildman–Crippen MR) is 112 cm³/mol. The van der Waals surface area contributed by atoms with Crippen LogP contribution < -0.4 is 0 Å². The van der Waals surface area contributed by atoms with Crippen LogP contribution in [0.2, 0.25) is 0 Å². The molecule has 0 unspecified atom stereocenters. The van der Waals surface area contributed by atoms with Crippen molar-refractivity contribution in [3.8, 4) is 10.6 Å². The Morgan fingerprint density at radius 1 is 1.00 bits per heavy atom. The third-order valence-corrected chi connectivity index (χ3v) is 5.13. The first kappa shape index (κ1) is 17.8. The monoisotopic (exact) mass is 410 g/mol. The van der Waals surface area contributed by atoms with Gasteiger partial charge in [0.05, 0.1) is 17.1 Å². The molecule has 0 radical (unpaired) electrons. The van der Waals surface area contributed by atoms with E-state index in [0.717, 1.165) is 37.7 Å². The smallest absolute Gasteiger partial charge is 0.124 e. The SMILES string of the molecule is CC(=NC(=C(C)C)c1ccccc1)c1csc(-c2cccc(Br)c2)n1. The maximum absolute atomic E-state index is 4.87. The summed E-state index contributed by atoms with van der Waals surface area (Å²) >= 11 is 5.16. The molecule has 0 saturated heterocycles. The van der Waals surface area contributed by atoms with Crippen LogP contribution in [-0.2, 0) is 0 Å². The number of aliphatic imine (C=N–C) groups is 1. The van der Waals surface area contributed by atoms with E-state index in [-0.39, 0.29) is 0 Å². The number of hydrogen-bond donors (Lipinski definition) is 0. The molecule has 0 fully saturated rings. The van der Waals surface area contributed by atoms with Gasteiger partial charge in [-0.1, -0.05) is 64.0 Å². The van der Waals surface area contributed by atoms with Gasteiger partial charge in [-0.25, -0.2) is 4.98 Å². The van der Waals surface area contributed by atoms with E-state index in [1.165, 1.54) is 5.57 Å². The van der Waals surface area contributed by atoms with E-state index in [4.69, 9.17) is 9.98 Å². The Balaban J connectivity index is 1.94. The van der Waals surface area contributed by atoms with Crippen molar-refractivity contribution in [1.82, 2.24) is 4.98 Å². The van der Waals surface area contributed by atoms with Crippen LogP contribution in [0.4, 0.5) is 0 Å². The van der Waals surface area contributed by atoms with Gasteiger partial charge in [0.2, 0.25) is 0 Å². The maximum atomic E-state index is 4.87. The van der Waals surface area contributed by atoms with E-state index >= 15 is 0 Å². The van der Waals surface area contributed by atoms with Crippen LogP contribution in [0.3, 0.4) is 0 Å². The number of allylic oxidation sites excluding steroid dienone is 1. The summed E-state index contributed by atoms with van der Waals surface area (Å²) in [4.78, 5) is 9.64. The minimum atomic E-state index is 0.926. The molecular formula is C21H19BrN2S. The summed E-state index contributed by atoms with van der Waals surface area (Å²) < 4.78 is 1.06. The largest absolute Gasteiger partial charge is 0.251 e. The molecule has 1 aromatic heterocycles. The van der Waals surface area contributed by atoms with Crippen LogP contribution in [-0.4, -0.2) is 10.7 Å². The number of halogens is 1. The number of hydrogen-bond acceptors (Lipinski definition) is 3. The van der Waals surface area contributed by atoms with Crippen molar-refractivity contribution in [3.05, 3.63) is 81.3 Å². The molecule has 126 valence electrons. The Morgan fingerprint density at radius 3 is 2.44 bits per heavy atom. The molecule has 0 bridgehead atoms. The third kappa shape index (κ3) is 4.33. The van der Waals surface area contributed by atoms with Gasteiger partial charge in [0.1, 0.15) is 5.01 Å². The van der Waals surface area contributed by atoms with Crippen molar-refractivity contribution in [3.63, 3.8) is 0 Å². The van der Waals surface area contributed by atoms with E-state index in [1.807, 2.05) is 37.3 Å². The van der Waals surface area contributed by atoms with E-state index in [0.29, 0.717) is 0 Å². The minimum absolute atomic E-state index is 0.926. The molecule has 1 heterocycles. The molecule has 0 amide bonds. The molecule has 25 heavy (non-hydrogen) atoms. The molecule has 0 saturated carbocycles. The molecule has 0 atom stereocenters. The molecular weight excluding hydrogens is 392 g/mol. The summed E-state index contributed by atoms with van der Waals surface area (Å²) in [7, 11) is 0. The van der Waals surface area contributed by atoms with Gasteiger partial charge in [-0.05, 0) is 32.9 Å². The van der Waals surface area contributed by atoms with Crippen LogP contribution in [0.15, 0.2) is 75.0 Å². The number of aromatic nitrogens is 1. The lowest BCUT2D eigenvalue weighted by Crippen LogP contribution is -1.97. The Hall–Kier alpha value is -2.04. The topological polar surface area (TPSA) is 25.2 Å². The Labute approximate surface area is 161 Å². The molecule has 4 heteroatoms.